The van der Waals surface area contributed by atoms with Gasteiger partial charge in [-0.1, -0.05) is 36.4 Å². The summed E-state index contributed by atoms with van der Waals surface area (Å²) in [7, 11) is 0. The standard InChI is InChI=1S/C28H23F3N2O5/c29-28(30,31)21-14-19(7-8-20(21)26-24(36-16-37-26)12-17-4-2-1-3-5-17)27-33-22-9-6-18(13-23(22)38-27)15-32-11-10-25(34)35/h1-9,13-14,32H,10-12,15-16H2,(H,34,35). The van der Waals surface area contributed by atoms with Gasteiger partial charge in [0.15, 0.2) is 11.3 Å². The van der Waals surface area contributed by atoms with E-state index >= 15 is 0 Å². The summed E-state index contributed by atoms with van der Waals surface area (Å²) in [4.78, 5) is 15.0. The van der Waals surface area contributed by atoms with Gasteiger partial charge >= 0.3 is 12.1 Å². The number of nitrogens with one attached hydrogen (secondary N) is 1. The quantitative estimate of drug-likeness (QED) is 0.260. The summed E-state index contributed by atoms with van der Waals surface area (Å²) in [5.74, 6) is -0.450. The lowest BCUT2D eigenvalue weighted by molar-refractivity contribution is -0.138. The van der Waals surface area contributed by atoms with Crippen LogP contribution in [0.1, 0.15) is 28.7 Å². The van der Waals surface area contributed by atoms with Crippen molar-refractivity contribution in [3.05, 3.63) is 94.7 Å². The minimum absolute atomic E-state index is 0.00590. The molecule has 196 valence electrons. The summed E-state index contributed by atoms with van der Waals surface area (Å²) in [5.41, 5.74) is 1.79. The second-order valence-electron chi connectivity index (χ2n) is 8.72. The van der Waals surface area contributed by atoms with Crippen molar-refractivity contribution in [3.63, 3.8) is 0 Å². The molecule has 0 spiro atoms. The summed E-state index contributed by atoms with van der Waals surface area (Å²) in [5, 5.41) is 11.8. The molecule has 0 saturated carbocycles. The van der Waals surface area contributed by atoms with Crippen LogP contribution in [0.2, 0.25) is 0 Å². The van der Waals surface area contributed by atoms with Crippen LogP contribution in [0.25, 0.3) is 28.3 Å². The van der Waals surface area contributed by atoms with E-state index in [4.69, 9.17) is 19.0 Å². The fourth-order valence-corrected chi connectivity index (χ4v) is 4.19. The van der Waals surface area contributed by atoms with Crippen LogP contribution in [0.4, 0.5) is 13.2 Å². The predicted octanol–water partition coefficient (Wildman–Crippen LogP) is 5.99. The van der Waals surface area contributed by atoms with Gasteiger partial charge in [0.1, 0.15) is 11.3 Å². The van der Waals surface area contributed by atoms with Gasteiger partial charge in [-0.25, -0.2) is 4.98 Å². The molecule has 0 amide bonds. The molecule has 5 rings (SSSR count). The molecule has 0 radical (unpaired) electrons. The number of hydrogen-bond acceptors (Lipinski definition) is 6. The van der Waals surface area contributed by atoms with E-state index in [1.165, 1.54) is 12.1 Å². The average molecular weight is 524 g/mol. The van der Waals surface area contributed by atoms with Crippen LogP contribution < -0.4 is 5.32 Å². The summed E-state index contributed by atoms with van der Waals surface area (Å²) >= 11 is 0. The van der Waals surface area contributed by atoms with Crippen LogP contribution in [-0.4, -0.2) is 29.4 Å². The highest BCUT2D eigenvalue weighted by atomic mass is 19.4. The molecule has 2 heterocycles. The van der Waals surface area contributed by atoms with Gasteiger partial charge < -0.3 is 24.3 Å². The van der Waals surface area contributed by atoms with Gasteiger partial charge in [-0.15, -0.1) is 0 Å². The number of oxazole rings is 1. The SMILES string of the molecule is O=C(O)CCNCc1ccc2nc(-c3ccc(C4=C(Cc5ccccc5)OCO4)c(C(F)(F)F)c3)oc2c1. The van der Waals surface area contributed by atoms with Crippen LogP contribution in [0.3, 0.4) is 0 Å². The first-order chi connectivity index (χ1) is 18.3. The topological polar surface area (TPSA) is 93.8 Å². The van der Waals surface area contributed by atoms with Crippen molar-refractivity contribution in [3.8, 4) is 11.5 Å². The molecule has 3 aromatic carbocycles. The Bertz CT molecular complexity index is 1500. The Balaban J connectivity index is 1.45. The summed E-state index contributed by atoms with van der Waals surface area (Å²) < 4.78 is 59.4. The first kappa shape index (κ1) is 25.3. The number of carboxylic acids is 1. The largest absolute Gasteiger partial charge is 0.481 e. The van der Waals surface area contributed by atoms with Gasteiger partial charge in [0.25, 0.3) is 0 Å². The number of benzene rings is 3. The number of aromatic nitrogens is 1. The van der Waals surface area contributed by atoms with Crippen molar-refractivity contribution in [1.82, 2.24) is 10.3 Å². The number of ether oxygens (including phenoxy) is 2. The van der Waals surface area contributed by atoms with E-state index < -0.39 is 17.7 Å². The third-order valence-corrected chi connectivity index (χ3v) is 6.01. The number of nitrogens with zero attached hydrogens (tertiary/aromatic N) is 1. The normalized spacial score (nSPS) is 13.6. The highest BCUT2D eigenvalue weighted by Gasteiger charge is 2.37. The molecule has 2 N–H and O–H groups in total. The molecule has 10 heteroatoms. The van der Waals surface area contributed by atoms with Crippen molar-refractivity contribution in [1.29, 1.82) is 0 Å². The number of hydrogen-bond donors (Lipinski definition) is 2. The van der Waals surface area contributed by atoms with Crippen molar-refractivity contribution < 1.29 is 37.0 Å². The highest BCUT2D eigenvalue weighted by molar-refractivity contribution is 5.78. The second-order valence-corrected chi connectivity index (χ2v) is 8.72. The lowest BCUT2D eigenvalue weighted by Crippen LogP contribution is -2.17. The van der Waals surface area contributed by atoms with Crippen molar-refractivity contribution in [2.75, 3.05) is 13.3 Å². The minimum Gasteiger partial charge on any atom is -0.481 e. The van der Waals surface area contributed by atoms with E-state index in [9.17, 15) is 18.0 Å². The third-order valence-electron chi connectivity index (χ3n) is 6.01. The maximum absolute atomic E-state index is 14.2. The van der Waals surface area contributed by atoms with E-state index in [0.717, 1.165) is 17.2 Å². The van der Waals surface area contributed by atoms with Crippen LogP contribution in [0.15, 0.2) is 76.9 Å². The molecular weight excluding hydrogens is 501 g/mol. The maximum atomic E-state index is 14.2. The van der Waals surface area contributed by atoms with Crippen LogP contribution in [0, 0.1) is 0 Å². The molecular formula is C28H23F3N2O5. The van der Waals surface area contributed by atoms with Gasteiger partial charge in [-0.3, -0.25) is 4.79 Å². The fourth-order valence-electron chi connectivity index (χ4n) is 4.19. The van der Waals surface area contributed by atoms with Gasteiger partial charge in [0.05, 0.1) is 12.0 Å². The second kappa shape index (κ2) is 10.6. The molecule has 4 aromatic rings. The van der Waals surface area contributed by atoms with Crippen LogP contribution in [-0.2, 0) is 33.4 Å². The third kappa shape index (κ3) is 5.65. The molecule has 0 bridgehead atoms. The minimum atomic E-state index is -4.66. The molecule has 0 saturated heterocycles. The lowest BCUT2D eigenvalue weighted by atomic mass is 9.99. The Hall–Kier alpha value is -4.31. The molecule has 0 fully saturated rings. The Morgan fingerprint density at radius 3 is 2.58 bits per heavy atom. The molecule has 7 nitrogen and oxygen atoms in total. The zero-order valence-electron chi connectivity index (χ0n) is 20.0. The highest BCUT2D eigenvalue weighted by Crippen LogP contribution is 2.41. The summed E-state index contributed by atoms with van der Waals surface area (Å²) in [6.07, 6.45) is -4.37. The monoisotopic (exact) mass is 524 g/mol. The van der Waals surface area contributed by atoms with Crippen LogP contribution >= 0.6 is 0 Å². The average Bonchev–Trinajstić information content (AvgIpc) is 3.53. The van der Waals surface area contributed by atoms with E-state index in [1.807, 2.05) is 30.3 Å². The Morgan fingerprint density at radius 1 is 1.00 bits per heavy atom. The van der Waals surface area contributed by atoms with E-state index in [0.29, 0.717) is 36.4 Å². The Kier molecular flexibility index (Phi) is 7.06. The zero-order chi connectivity index (χ0) is 26.7. The number of aliphatic carboxylic acids is 1. The number of allylic oxidation sites excluding steroid dienone is 1. The van der Waals surface area contributed by atoms with Gasteiger partial charge in [-0.05, 0) is 41.5 Å². The van der Waals surface area contributed by atoms with Gasteiger partial charge in [0, 0.05) is 30.6 Å². The smallest absolute Gasteiger partial charge is 0.417 e. The Labute approximate surface area is 215 Å². The number of carbonyl (C=O) groups is 1. The number of halogens is 3. The molecule has 0 unspecified atom stereocenters. The molecule has 0 atom stereocenters. The summed E-state index contributed by atoms with van der Waals surface area (Å²) in [6.45, 7) is 0.559. The van der Waals surface area contributed by atoms with Crippen molar-refractivity contribution >= 4 is 22.8 Å². The summed E-state index contributed by atoms with van der Waals surface area (Å²) in [6, 6.07) is 18.4. The molecule has 1 aliphatic rings. The fraction of sp³-hybridized carbons (Fsp3) is 0.214. The maximum Gasteiger partial charge on any atom is 0.417 e. The van der Waals surface area contributed by atoms with Crippen molar-refractivity contribution in [2.45, 2.75) is 25.6 Å². The Morgan fingerprint density at radius 2 is 1.82 bits per heavy atom. The van der Waals surface area contributed by atoms with Gasteiger partial charge in [-0.2, -0.15) is 13.2 Å². The first-order valence-corrected chi connectivity index (χ1v) is 11.8. The molecule has 1 aromatic heterocycles. The van der Waals surface area contributed by atoms with E-state index in [-0.39, 0.29) is 36.0 Å². The number of alkyl halides is 3. The van der Waals surface area contributed by atoms with Crippen molar-refractivity contribution in [2.24, 2.45) is 0 Å². The number of carboxylic acid groups (broad SMARTS) is 1. The predicted molar refractivity (Wildman–Crippen MR) is 133 cm³/mol. The number of fused-ring (bicyclic) bond motifs is 1. The first-order valence-electron chi connectivity index (χ1n) is 11.8. The van der Waals surface area contributed by atoms with E-state index in [2.05, 4.69) is 10.3 Å². The molecule has 0 aliphatic carbocycles. The molecule has 1 aliphatic heterocycles. The molecule has 38 heavy (non-hydrogen) atoms. The number of rotatable bonds is 9. The zero-order valence-corrected chi connectivity index (χ0v) is 20.0. The lowest BCUT2D eigenvalue weighted by Gasteiger charge is -2.14. The van der Waals surface area contributed by atoms with Crippen LogP contribution in [0.5, 0.6) is 0 Å². The van der Waals surface area contributed by atoms with Gasteiger partial charge in [0.2, 0.25) is 12.7 Å². The van der Waals surface area contributed by atoms with E-state index in [1.54, 1.807) is 18.2 Å².